The number of carbonyl (C=O) groups is 1. The van der Waals surface area contributed by atoms with Crippen molar-refractivity contribution in [3.8, 4) is 0 Å². The lowest BCUT2D eigenvalue weighted by molar-refractivity contribution is -0.120. The van der Waals surface area contributed by atoms with Gasteiger partial charge in [-0.05, 0) is 19.4 Å². The van der Waals surface area contributed by atoms with Crippen LogP contribution in [-0.4, -0.2) is 19.5 Å². The molecule has 1 unspecified atom stereocenters. The lowest BCUT2D eigenvalue weighted by Gasteiger charge is -2.12. The first-order valence-electron chi connectivity index (χ1n) is 7.11. The van der Waals surface area contributed by atoms with Crippen molar-refractivity contribution in [3.05, 3.63) is 35.6 Å². The average molecular weight is 274 g/mol. The molecule has 0 bridgehead atoms. The van der Waals surface area contributed by atoms with Gasteiger partial charge >= 0.3 is 0 Å². The maximum absolute atomic E-state index is 11.2. The number of furan rings is 1. The predicted octanol–water partition coefficient (Wildman–Crippen LogP) is 2.78. The molecule has 2 aromatic rings. The molecule has 1 heterocycles. The number of hydrogen-bond donors (Lipinski definition) is 2. The molecule has 0 aliphatic rings. The Balaban J connectivity index is 2.13. The summed E-state index contributed by atoms with van der Waals surface area (Å²) in [5, 5.41) is 7.15. The minimum Gasteiger partial charge on any atom is -0.459 e. The van der Waals surface area contributed by atoms with E-state index in [0.717, 1.165) is 17.8 Å². The third-order valence-corrected chi connectivity index (χ3v) is 3.56. The number of aryl methyl sites for hydroxylation is 1. The fourth-order valence-electron chi connectivity index (χ4n) is 2.45. The second-order valence-corrected chi connectivity index (χ2v) is 4.89. The van der Waals surface area contributed by atoms with Gasteiger partial charge in [-0.2, -0.15) is 0 Å². The Labute approximate surface area is 119 Å². The van der Waals surface area contributed by atoms with E-state index < -0.39 is 0 Å². The summed E-state index contributed by atoms with van der Waals surface area (Å²) in [7, 11) is 1.65. The van der Waals surface area contributed by atoms with Crippen LogP contribution in [0.4, 0.5) is 0 Å². The quantitative estimate of drug-likeness (QED) is 0.851. The van der Waals surface area contributed by atoms with Crippen LogP contribution in [-0.2, 0) is 11.2 Å². The predicted molar refractivity (Wildman–Crippen MR) is 80.7 cm³/mol. The molecular weight excluding hydrogens is 252 g/mol. The standard InChI is InChI=1S/C16H22N2O2/c1-4-12-13-7-5-6-8-14(13)20-16(12)11(2)18-10-9-15(19)17-3/h5-8,11,18H,4,9-10H2,1-3H3,(H,17,19). The van der Waals surface area contributed by atoms with Gasteiger partial charge in [-0.15, -0.1) is 0 Å². The average Bonchev–Trinajstić information content (AvgIpc) is 2.85. The minimum absolute atomic E-state index is 0.0463. The van der Waals surface area contributed by atoms with Crippen LogP contribution in [0, 0.1) is 0 Å². The highest BCUT2D eigenvalue weighted by Gasteiger charge is 2.17. The monoisotopic (exact) mass is 274 g/mol. The van der Waals surface area contributed by atoms with E-state index in [1.165, 1.54) is 10.9 Å². The third kappa shape index (κ3) is 3.02. The number of para-hydroxylation sites is 1. The van der Waals surface area contributed by atoms with E-state index in [0.29, 0.717) is 13.0 Å². The molecule has 2 rings (SSSR count). The zero-order valence-corrected chi connectivity index (χ0v) is 12.3. The highest BCUT2D eigenvalue weighted by Crippen LogP contribution is 2.30. The molecule has 0 saturated heterocycles. The molecule has 0 radical (unpaired) electrons. The summed E-state index contributed by atoms with van der Waals surface area (Å²) < 4.78 is 5.97. The first-order chi connectivity index (χ1) is 9.67. The Morgan fingerprint density at radius 3 is 2.80 bits per heavy atom. The molecule has 1 atom stereocenters. The molecule has 1 aromatic heterocycles. The van der Waals surface area contributed by atoms with Crippen molar-refractivity contribution in [2.24, 2.45) is 0 Å². The molecule has 4 nitrogen and oxygen atoms in total. The van der Waals surface area contributed by atoms with Crippen LogP contribution in [0.25, 0.3) is 11.0 Å². The first kappa shape index (κ1) is 14.6. The van der Waals surface area contributed by atoms with Gasteiger partial charge in [-0.25, -0.2) is 0 Å². The summed E-state index contributed by atoms with van der Waals surface area (Å²) in [6, 6.07) is 8.21. The van der Waals surface area contributed by atoms with Crippen molar-refractivity contribution in [1.82, 2.24) is 10.6 Å². The zero-order valence-electron chi connectivity index (χ0n) is 12.3. The summed E-state index contributed by atoms with van der Waals surface area (Å²) in [5.74, 6) is 1.02. The van der Waals surface area contributed by atoms with Crippen LogP contribution in [0.5, 0.6) is 0 Å². The van der Waals surface area contributed by atoms with Crippen molar-refractivity contribution >= 4 is 16.9 Å². The zero-order chi connectivity index (χ0) is 14.5. The Hall–Kier alpha value is -1.81. The number of benzene rings is 1. The molecule has 0 aliphatic carbocycles. The SMILES string of the molecule is CCc1c(C(C)NCCC(=O)NC)oc2ccccc12. The van der Waals surface area contributed by atoms with Crippen molar-refractivity contribution in [1.29, 1.82) is 0 Å². The van der Waals surface area contributed by atoms with Gasteiger partial charge in [0.2, 0.25) is 5.91 Å². The lowest BCUT2D eigenvalue weighted by Crippen LogP contribution is -2.26. The van der Waals surface area contributed by atoms with E-state index in [1.54, 1.807) is 7.05 Å². The molecule has 0 spiro atoms. The summed E-state index contributed by atoms with van der Waals surface area (Å²) in [6.07, 6.45) is 1.41. The molecule has 1 amide bonds. The molecule has 108 valence electrons. The highest BCUT2D eigenvalue weighted by molar-refractivity contribution is 5.82. The smallest absolute Gasteiger partial charge is 0.221 e. The molecule has 2 N–H and O–H groups in total. The van der Waals surface area contributed by atoms with E-state index in [9.17, 15) is 4.79 Å². The van der Waals surface area contributed by atoms with Crippen molar-refractivity contribution in [2.45, 2.75) is 32.7 Å². The van der Waals surface area contributed by atoms with E-state index in [4.69, 9.17) is 4.42 Å². The van der Waals surface area contributed by atoms with Gasteiger partial charge in [0.15, 0.2) is 0 Å². The van der Waals surface area contributed by atoms with Gasteiger partial charge in [0.1, 0.15) is 11.3 Å². The number of hydrogen-bond acceptors (Lipinski definition) is 3. The van der Waals surface area contributed by atoms with Crippen LogP contribution < -0.4 is 10.6 Å². The number of fused-ring (bicyclic) bond motifs is 1. The van der Waals surface area contributed by atoms with Crippen LogP contribution in [0.1, 0.15) is 37.6 Å². The molecule has 0 saturated carbocycles. The number of rotatable bonds is 6. The summed E-state index contributed by atoms with van der Waals surface area (Å²) in [5.41, 5.74) is 2.18. The second-order valence-electron chi connectivity index (χ2n) is 4.89. The van der Waals surface area contributed by atoms with Gasteiger partial charge < -0.3 is 15.1 Å². The molecular formula is C16H22N2O2. The van der Waals surface area contributed by atoms with E-state index >= 15 is 0 Å². The Morgan fingerprint density at radius 2 is 2.10 bits per heavy atom. The van der Waals surface area contributed by atoms with Crippen molar-refractivity contribution < 1.29 is 9.21 Å². The van der Waals surface area contributed by atoms with Gasteiger partial charge in [-0.1, -0.05) is 25.1 Å². The lowest BCUT2D eigenvalue weighted by atomic mass is 10.1. The molecule has 20 heavy (non-hydrogen) atoms. The molecule has 1 aromatic carbocycles. The number of amides is 1. The molecule has 4 heteroatoms. The fraction of sp³-hybridized carbons (Fsp3) is 0.438. The fourth-order valence-corrected chi connectivity index (χ4v) is 2.45. The Bertz CT molecular complexity index is 589. The topological polar surface area (TPSA) is 54.3 Å². The Kier molecular flexibility index (Phi) is 4.79. The third-order valence-electron chi connectivity index (χ3n) is 3.56. The molecule has 0 fully saturated rings. The van der Waals surface area contributed by atoms with Crippen LogP contribution in [0.2, 0.25) is 0 Å². The summed E-state index contributed by atoms with van der Waals surface area (Å²) in [6.45, 7) is 4.85. The Morgan fingerprint density at radius 1 is 1.35 bits per heavy atom. The summed E-state index contributed by atoms with van der Waals surface area (Å²) >= 11 is 0. The van der Waals surface area contributed by atoms with Gasteiger partial charge in [0.25, 0.3) is 0 Å². The van der Waals surface area contributed by atoms with Crippen molar-refractivity contribution in [3.63, 3.8) is 0 Å². The maximum atomic E-state index is 11.2. The van der Waals surface area contributed by atoms with Crippen LogP contribution in [0.3, 0.4) is 0 Å². The van der Waals surface area contributed by atoms with Gasteiger partial charge in [0, 0.05) is 31.0 Å². The maximum Gasteiger partial charge on any atom is 0.221 e. The normalized spacial score (nSPS) is 12.6. The highest BCUT2D eigenvalue weighted by atomic mass is 16.3. The van der Waals surface area contributed by atoms with Crippen LogP contribution in [0.15, 0.2) is 28.7 Å². The second kappa shape index (κ2) is 6.57. The summed E-state index contributed by atoms with van der Waals surface area (Å²) in [4.78, 5) is 11.2. The first-order valence-corrected chi connectivity index (χ1v) is 7.11. The largest absolute Gasteiger partial charge is 0.459 e. The van der Waals surface area contributed by atoms with E-state index in [2.05, 4.69) is 30.5 Å². The van der Waals surface area contributed by atoms with E-state index in [1.807, 2.05) is 18.2 Å². The number of nitrogens with one attached hydrogen (secondary N) is 2. The van der Waals surface area contributed by atoms with Gasteiger partial charge in [0.05, 0.1) is 6.04 Å². The van der Waals surface area contributed by atoms with Crippen molar-refractivity contribution in [2.75, 3.05) is 13.6 Å². The minimum atomic E-state index is 0.0463. The number of carbonyl (C=O) groups excluding carboxylic acids is 1. The van der Waals surface area contributed by atoms with Crippen LogP contribution >= 0.6 is 0 Å². The van der Waals surface area contributed by atoms with Gasteiger partial charge in [-0.3, -0.25) is 4.79 Å². The molecule has 0 aliphatic heterocycles. The van der Waals surface area contributed by atoms with E-state index in [-0.39, 0.29) is 11.9 Å².